The van der Waals surface area contributed by atoms with Crippen LogP contribution in [0.1, 0.15) is 40.0 Å². The Balaban J connectivity index is 1.96. The standard InChI is InChI=1S/C14H23NO3/c1-14(2,3)18-13(17)15-7-6-10-4-5-11(9-16)12(10)8-15/h9-12H,4-8H2,1-3H3. The van der Waals surface area contributed by atoms with Crippen LogP contribution < -0.4 is 0 Å². The average molecular weight is 253 g/mol. The molecule has 1 aliphatic carbocycles. The van der Waals surface area contributed by atoms with Crippen molar-refractivity contribution in [2.24, 2.45) is 17.8 Å². The van der Waals surface area contributed by atoms with Crippen molar-refractivity contribution in [3.8, 4) is 0 Å². The van der Waals surface area contributed by atoms with E-state index in [1.807, 2.05) is 20.8 Å². The van der Waals surface area contributed by atoms with Crippen LogP contribution in [0, 0.1) is 17.8 Å². The van der Waals surface area contributed by atoms with Crippen molar-refractivity contribution in [3.05, 3.63) is 0 Å². The molecule has 4 nitrogen and oxygen atoms in total. The zero-order valence-corrected chi connectivity index (χ0v) is 11.5. The molecule has 1 aliphatic heterocycles. The van der Waals surface area contributed by atoms with E-state index in [2.05, 4.69) is 0 Å². The predicted octanol–water partition coefficient (Wildman–Crippen LogP) is 2.47. The normalized spacial score (nSPS) is 31.9. The smallest absolute Gasteiger partial charge is 0.410 e. The molecule has 102 valence electrons. The lowest BCUT2D eigenvalue weighted by Crippen LogP contribution is -2.46. The predicted molar refractivity (Wildman–Crippen MR) is 68.2 cm³/mol. The van der Waals surface area contributed by atoms with E-state index in [1.54, 1.807) is 4.90 Å². The summed E-state index contributed by atoms with van der Waals surface area (Å²) in [6.07, 6.45) is 3.96. The molecule has 4 heteroatoms. The van der Waals surface area contributed by atoms with Gasteiger partial charge in [-0.15, -0.1) is 0 Å². The molecule has 3 atom stereocenters. The molecule has 2 rings (SSSR count). The van der Waals surface area contributed by atoms with Crippen LogP contribution in [0.4, 0.5) is 4.79 Å². The first-order chi connectivity index (χ1) is 8.40. The molecule has 0 aromatic carbocycles. The maximum Gasteiger partial charge on any atom is 0.410 e. The van der Waals surface area contributed by atoms with Crippen LogP contribution >= 0.6 is 0 Å². The number of ether oxygens (including phenoxy) is 1. The Labute approximate surface area is 109 Å². The first-order valence-electron chi connectivity index (χ1n) is 6.84. The monoisotopic (exact) mass is 253 g/mol. The highest BCUT2D eigenvalue weighted by Crippen LogP contribution is 2.41. The first-order valence-corrected chi connectivity index (χ1v) is 6.84. The largest absolute Gasteiger partial charge is 0.444 e. The third kappa shape index (κ3) is 2.85. The van der Waals surface area contributed by atoms with E-state index in [-0.39, 0.29) is 12.0 Å². The Hall–Kier alpha value is -1.06. The fourth-order valence-corrected chi connectivity index (χ4v) is 3.16. The second kappa shape index (κ2) is 4.90. The second-order valence-corrected chi connectivity index (χ2v) is 6.52. The van der Waals surface area contributed by atoms with Crippen molar-refractivity contribution in [2.45, 2.75) is 45.6 Å². The van der Waals surface area contributed by atoms with Crippen LogP contribution in [0.3, 0.4) is 0 Å². The molecule has 2 fully saturated rings. The Morgan fingerprint density at radius 3 is 2.61 bits per heavy atom. The SMILES string of the molecule is CC(C)(C)OC(=O)N1CCC2CCC(C=O)C2C1. The van der Waals surface area contributed by atoms with Gasteiger partial charge in [0.15, 0.2) is 0 Å². The molecule has 0 aromatic heterocycles. The number of aldehydes is 1. The molecule has 1 amide bonds. The highest BCUT2D eigenvalue weighted by atomic mass is 16.6. The van der Waals surface area contributed by atoms with Gasteiger partial charge in [0.2, 0.25) is 0 Å². The number of carbonyl (C=O) groups excluding carboxylic acids is 2. The van der Waals surface area contributed by atoms with Crippen LogP contribution in [0.25, 0.3) is 0 Å². The van der Waals surface area contributed by atoms with E-state index < -0.39 is 5.60 Å². The molecular formula is C14H23NO3. The number of likely N-dealkylation sites (tertiary alicyclic amines) is 1. The van der Waals surface area contributed by atoms with Crippen molar-refractivity contribution in [3.63, 3.8) is 0 Å². The number of carbonyl (C=O) groups is 2. The number of piperidine rings is 1. The van der Waals surface area contributed by atoms with Gasteiger partial charge in [-0.25, -0.2) is 4.79 Å². The van der Waals surface area contributed by atoms with Crippen molar-refractivity contribution < 1.29 is 14.3 Å². The number of rotatable bonds is 1. The number of hydrogen-bond acceptors (Lipinski definition) is 3. The van der Waals surface area contributed by atoms with Gasteiger partial charge in [-0.1, -0.05) is 0 Å². The topological polar surface area (TPSA) is 46.6 Å². The minimum absolute atomic E-state index is 0.139. The second-order valence-electron chi connectivity index (χ2n) is 6.52. The number of amides is 1. The third-order valence-corrected chi connectivity index (χ3v) is 4.05. The minimum Gasteiger partial charge on any atom is -0.444 e. The molecule has 0 radical (unpaired) electrons. The lowest BCUT2D eigenvalue weighted by atomic mass is 9.84. The van der Waals surface area contributed by atoms with Gasteiger partial charge in [0.1, 0.15) is 11.9 Å². The fourth-order valence-electron chi connectivity index (χ4n) is 3.16. The molecule has 0 bridgehead atoms. The molecule has 1 heterocycles. The van der Waals surface area contributed by atoms with E-state index in [0.29, 0.717) is 18.4 Å². The Morgan fingerprint density at radius 2 is 2.00 bits per heavy atom. The van der Waals surface area contributed by atoms with Crippen LogP contribution in [0.15, 0.2) is 0 Å². The van der Waals surface area contributed by atoms with E-state index >= 15 is 0 Å². The molecule has 0 aromatic rings. The Morgan fingerprint density at radius 1 is 1.28 bits per heavy atom. The summed E-state index contributed by atoms with van der Waals surface area (Å²) in [5, 5.41) is 0. The molecule has 2 aliphatic rings. The van der Waals surface area contributed by atoms with E-state index in [0.717, 1.165) is 32.1 Å². The van der Waals surface area contributed by atoms with Gasteiger partial charge in [-0.2, -0.15) is 0 Å². The highest BCUT2D eigenvalue weighted by Gasteiger charge is 2.41. The summed E-state index contributed by atoms with van der Waals surface area (Å²) < 4.78 is 5.39. The molecule has 1 saturated carbocycles. The quantitative estimate of drug-likeness (QED) is 0.674. The molecule has 18 heavy (non-hydrogen) atoms. The van der Waals surface area contributed by atoms with E-state index in [4.69, 9.17) is 4.74 Å². The molecule has 3 unspecified atom stereocenters. The summed E-state index contributed by atoms with van der Waals surface area (Å²) in [6.45, 7) is 7.08. The highest BCUT2D eigenvalue weighted by molar-refractivity contribution is 5.68. The van der Waals surface area contributed by atoms with Gasteiger partial charge in [0, 0.05) is 19.0 Å². The summed E-state index contributed by atoms with van der Waals surface area (Å²) in [6, 6.07) is 0. The number of hydrogen-bond donors (Lipinski definition) is 0. The number of fused-ring (bicyclic) bond motifs is 1. The maximum absolute atomic E-state index is 12.0. The van der Waals surface area contributed by atoms with Crippen LogP contribution in [0.2, 0.25) is 0 Å². The van der Waals surface area contributed by atoms with Crippen molar-refractivity contribution in [1.29, 1.82) is 0 Å². The molecule has 1 saturated heterocycles. The van der Waals surface area contributed by atoms with Crippen LogP contribution in [0.5, 0.6) is 0 Å². The van der Waals surface area contributed by atoms with Gasteiger partial charge >= 0.3 is 6.09 Å². The zero-order valence-electron chi connectivity index (χ0n) is 11.5. The first kappa shape index (κ1) is 13.4. The van der Waals surface area contributed by atoms with Gasteiger partial charge < -0.3 is 14.4 Å². The molecule has 0 N–H and O–H groups in total. The third-order valence-electron chi connectivity index (χ3n) is 4.05. The lowest BCUT2D eigenvalue weighted by molar-refractivity contribution is -0.112. The van der Waals surface area contributed by atoms with Gasteiger partial charge in [0.05, 0.1) is 0 Å². The van der Waals surface area contributed by atoms with Crippen LogP contribution in [-0.4, -0.2) is 36.0 Å². The molecular weight excluding hydrogens is 230 g/mol. The summed E-state index contributed by atoms with van der Waals surface area (Å²) in [7, 11) is 0. The fraction of sp³-hybridized carbons (Fsp3) is 0.857. The summed E-state index contributed by atoms with van der Waals surface area (Å²) in [5.74, 6) is 1.11. The van der Waals surface area contributed by atoms with Gasteiger partial charge in [-0.05, 0) is 51.9 Å². The van der Waals surface area contributed by atoms with Crippen molar-refractivity contribution in [2.75, 3.05) is 13.1 Å². The van der Waals surface area contributed by atoms with Crippen molar-refractivity contribution in [1.82, 2.24) is 4.90 Å². The Bertz CT molecular complexity index is 334. The van der Waals surface area contributed by atoms with Crippen LogP contribution in [-0.2, 0) is 9.53 Å². The number of nitrogens with zero attached hydrogens (tertiary/aromatic N) is 1. The maximum atomic E-state index is 12.0. The minimum atomic E-state index is -0.451. The summed E-state index contributed by atoms with van der Waals surface area (Å²) >= 11 is 0. The summed E-state index contributed by atoms with van der Waals surface area (Å²) in [5.41, 5.74) is -0.451. The van der Waals surface area contributed by atoms with E-state index in [9.17, 15) is 9.59 Å². The van der Waals surface area contributed by atoms with Crippen molar-refractivity contribution >= 4 is 12.4 Å². The average Bonchev–Trinajstić information content (AvgIpc) is 2.68. The zero-order chi connectivity index (χ0) is 13.3. The Kier molecular flexibility index (Phi) is 3.64. The van der Waals surface area contributed by atoms with Gasteiger partial charge in [0.25, 0.3) is 0 Å². The lowest BCUT2D eigenvalue weighted by Gasteiger charge is -2.37. The summed E-state index contributed by atoms with van der Waals surface area (Å²) in [4.78, 5) is 24.8. The van der Waals surface area contributed by atoms with Gasteiger partial charge in [-0.3, -0.25) is 0 Å². The van der Waals surface area contributed by atoms with E-state index in [1.165, 1.54) is 0 Å². The molecule has 0 spiro atoms.